The van der Waals surface area contributed by atoms with Gasteiger partial charge in [0.25, 0.3) is 5.91 Å². The van der Waals surface area contributed by atoms with Crippen molar-refractivity contribution in [1.82, 2.24) is 36.2 Å². The third kappa shape index (κ3) is 12.7. The van der Waals surface area contributed by atoms with Crippen molar-refractivity contribution in [3.63, 3.8) is 0 Å². The van der Waals surface area contributed by atoms with Crippen LogP contribution in [0.5, 0.6) is 0 Å². The van der Waals surface area contributed by atoms with E-state index >= 15 is 0 Å². The molecule has 6 amide bonds. The molecule has 0 saturated heterocycles. The average Bonchev–Trinajstić information content (AvgIpc) is 3.09. The summed E-state index contributed by atoms with van der Waals surface area (Å²) in [6.07, 6.45) is -0.870. The summed E-state index contributed by atoms with van der Waals surface area (Å²) in [5.74, 6) is -1.34. The minimum Gasteiger partial charge on any atom is -0.390 e. The van der Waals surface area contributed by atoms with Crippen LogP contribution in [0.1, 0.15) is 38.8 Å². The second-order valence-electron chi connectivity index (χ2n) is 13.9. The van der Waals surface area contributed by atoms with E-state index in [9.17, 15) is 24.3 Å². The molecule has 12 heteroatoms. The predicted molar refractivity (Wildman–Crippen MR) is 200 cm³/mol. The number of aliphatic hydroxyl groups excluding tert-OH is 1. The number of carbonyl (C=O) groups is 4. The Balaban J connectivity index is 1.92. The first-order valence-electron chi connectivity index (χ1n) is 17.3. The monoisotopic (exact) mass is 701 g/mol. The van der Waals surface area contributed by atoms with Crippen LogP contribution >= 0.6 is 0 Å². The molecule has 0 aliphatic carbocycles. The summed E-state index contributed by atoms with van der Waals surface area (Å²) in [5, 5.41) is 22.0. The van der Waals surface area contributed by atoms with Crippen molar-refractivity contribution in [2.45, 2.75) is 64.9 Å². The van der Waals surface area contributed by atoms with E-state index in [4.69, 9.17) is 0 Å². The first kappa shape index (κ1) is 40.5. The number of benzene rings is 3. The Morgan fingerprint density at radius 1 is 0.608 bits per heavy atom. The van der Waals surface area contributed by atoms with Crippen LogP contribution in [0.15, 0.2) is 84.9 Å². The van der Waals surface area contributed by atoms with E-state index in [2.05, 4.69) is 21.4 Å². The Bertz CT molecular complexity index is 1550. The fourth-order valence-corrected chi connectivity index (χ4v) is 5.40. The number of rotatable bonds is 16. The van der Waals surface area contributed by atoms with E-state index in [1.165, 1.54) is 9.80 Å². The molecule has 0 heterocycles. The van der Waals surface area contributed by atoms with Gasteiger partial charge in [-0.2, -0.15) is 0 Å². The molecule has 276 valence electrons. The van der Waals surface area contributed by atoms with Gasteiger partial charge in [-0.05, 0) is 40.5 Å². The highest BCUT2D eigenvalue weighted by molar-refractivity contribution is 5.88. The molecule has 0 radical (unpaired) electrons. The quantitative estimate of drug-likeness (QED) is 0.144. The van der Waals surface area contributed by atoms with Crippen LogP contribution in [0.4, 0.5) is 9.59 Å². The number of hydrazine groups is 1. The van der Waals surface area contributed by atoms with Crippen LogP contribution in [0, 0.1) is 11.8 Å². The number of hydrogen-bond acceptors (Lipinski definition) is 6. The Hall–Kier alpha value is -4.94. The van der Waals surface area contributed by atoms with Gasteiger partial charge in [-0.25, -0.2) is 14.6 Å². The summed E-state index contributed by atoms with van der Waals surface area (Å²) in [6, 6.07) is 24.1. The van der Waals surface area contributed by atoms with Crippen LogP contribution in [-0.2, 0) is 22.6 Å². The summed E-state index contributed by atoms with van der Waals surface area (Å²) >= 11 is 0. The van der Waals surface area contributed by atoms with Crippen molar-refractivity contribution < 1.29 is 24.3 Å². The van der Waals surface area contributed by atoms with E-state index in [0.29, 0.717) is 6.42 Å². The lowest BCUT2D eigenvalue weighted by atomic mass is 9.98. The lowest BCUT2D eigenvalue weighted by Gasteiger charge is -2.33. The van der Waals surface area contributed by atoms with Crippen LogP contribution < -0.4 is 21.4 Å². The predicted octanol–water partition coefficient (Wildman–Crippen LogP) is 3.87. The van der Waals surface area contributed by atoms with E-state index in [1.807, 2.05) is 113 Å². The zero-order chi connectivity index (χ0) is 37.7. The van der Waals surface area contributed by atoms with Crippen molar-refractivity contribution in [2.75, 3.05) is 34.7 Å². The number of carbonyl (C=O) groups excluding carboxylic acids is 4. The Labute approximate surface area is 302 Å². The van der Waals surface area contributed by atoms with E-state index < -0.39 is 48.1 Å². The molecule has 12 nitrogen and oxygen atoms in total. The van der Waals surface area contributed by atoms with Crippen LogP contribution in [0.2, 0.25) is 0 Å². The fraction of sp³-hybridized carbons (Fsp3) is 0.436. The minimum atomic E-state index is -1.16. The fourth-order valence-electron chi connectivity index (χ4n) is 5.40. The molecule has 0 unspecified atom stereocenters. The van der Waals surface area contributed by atoms with Gasteiger partial charge in [-0.15, -0.1) is 0 Å². The highest BCUT2D eigenvalue weighted by Gasteiger charge is 2.32. The van der Waals surface area contributed by atoms with Crippen molar-refractivity contribution in [3.05, 3.63) is 96.1 Å². The first-order chi connectivity index (χ1) is 24.2. The molecule has 51 heavy (non-hydrogen) atoms. The van der Waals surface area contributed by atoms with Gasteiger partial charge in [0.05, 0.1) is 12.1 Å². The largest absolute Gasteiger partial charge is 0.390 e. The SMILES string of the molecule is CC(C)[C@H](NC(=O)N(C)C)C(=O)N[C@@H](Cc1ccccc1)[C@@H](O)CN(Cc1ccc(-c2ccccc2)cc1)NC(=O)[C@@H](NC(=O)N(C)C)C(C)C. The third-order valence-corrected chi connectivity index (χ3v) is 8.47. The van der Waals surface area contributed by atoms with E-state index in [0.717, 1.165) is 22.3 Å². The third-order valence-electron chi connectivity index (χ3n) is 8.47. The normalized spacial score (nSPS) is 13.6. The molecule has 3 aromatic carbocycles. The van der Waals surface area contributed by atoms with Crippen LogP contribution in [0.25, 0.3) is 11.1 Å². The van der Waals surface area contributed by atoms with E-state index in [1.54, 1.807) is 33.2 Å². The Morgan fingerprint density at radius 2 is 1.08 bits per heavy atom. The standard InChI is InChI=1S/C39H55N7O5/c1-26(2)34(41-38(50)44(5)6)36(48)40-32(23-28-15-11-9-12-16-28)33(47)25-46(43-37(49)35(27(3)4)42-39(51)45(7)8)24-29-19-21-31(22-20-29)30-17-13-10-14-18-30/h9-22,26-27,32-35,47H,23-25H2,1-8H3,(H,40,48)(H,41,50)(H,42,51)(H,43,49)/t32-,33-,34-,35-/m0/s1. The zero-order valence-corrected chi connectivity index (χ0v) is 31.1. The molecule has 0 bridgehead atoms. The molecule has 0 spiro atoms. The average molecular weight is 702 g/mol. The molecule has 4 atom stereocenters. The lowest BCUT2D eigenvalue weighted by molar-refractivity contribution is -0.131. The summed E-state index contributed by atoms with van der Waals surface area (Å²) < 4.78 is 0. The number of amides is 6. The highest BCUT2D eigenvalue weighted by Crippen LogP contribution is 2.20. The van der Waals surface area contributed by atoms with Gasteiger partial charge in [0.2, 0.25) is 5.91 Å². The highest BCUT2D eigenvalue weighted by atomic mass is 16.3. The van der Waals surface area contributed by atoms with Gasteiger partial charge in [-0.3, -0.25) is 15.0 Å². The molecule has 3 aromatic rings. The first-order valence-corrected chi connectivity index (χ1v) is 17.3. The summed E-state index contributed by atoms with van der Waals surface area (Å²) in [6.45, 7) is 7.52. The van der Waals surface area contributed by atoms with Gasteiger partial charge >= 0.3 is 12.1 Å². The molecule has 0 saturated carbocycles. The molecular formula is C39H55N7O5. The maximum Gasteiger partial charge on any atom is 0.317 e. The number of urea groups is 2. The smallest absolute Gasteiger partial charge is 0.317 e. The maximum atomic E-state index is 13.7. The summed E-state index contributed by atoms with van der Waals surface area (Å²) in [7, 11) is 6.40. The van der Waals surface area contributed by atoms with Gasteiger partial charge in [-0.1, -0.05) is 113 Å². The van der Waals surface area contributed by atoms with Gasteiger partial charge < -0.3 is 30.9 Å². The Kier molecular flexibility index (Phi) is 15.4. The van der Waals surface area contributed by atoms with Crippen LogP contribution in [0.3, 0.4) is 0 Å². The minimum absolute atomic E-state index is 0.0627. The van der Waals surface area contributed by atoms with Gasteiger partial charge in [0.1, 0.15) is 12.1 Å². The topological polar surface area (TPSA) is 146 Å². The van der Waals surface area contributed by atoms with Crippen LogP contribution in [-0.4, -0.2) is 103 Å². The number of hydrogen-bond donors (Lipinski definition) is 5. The number of nitrogens with one attached hydrogen (secondary N) is 4. The molecule has 3 rings (SSSR count). The second-order valence-corrected chi connectivity index (χ2v) is 13.9. The molecule has 0 aliphatic rings. The maximum absolute atomic E-state index is 13.7. The van der Waals surface area contributed by atoms with Crippen molar-refractivity contribution >= 4 is 23.9 Å². The number of aliphatic hydroxyl groups is 1. The molecule has 0 aromatic heterocycles. The molecule has 0 fully saturated rings. The Morgan fingerprint density at radius 3 is 1.57 bits per heavy atom. The molecular weight excluding hydrogens is 646 g/mol. The summed E-state index contributed by atoms with van der Waals surface area (Å²) in [4.78, 5) is 55.2. The van der Waals surface area contributed by atoms with Crippen molar-refractivity contribution in [2.24, 2.45) is 11.8 Å². The molecule has 0 aliphatic heterocycles. The molecule has 5 N–H and O–H groups in total. The second kappa shape index (κ2) is 19.5. The lowest BCUT2D eigenvalue weighted by Crippen LogP contribution is -2.59. The van der Waals surface area contributed by atoms with Gasteiger partial charge in [0, 0.05) is 41.3 Å². The van der Waals surface area contributed by atoms with Crippen molar-refractivity contribution in [1.29, 1.82) is 0 Å². The van der Waals surface area contributed by atoms with E-state index in [-0.39, 0.29) is 24.9 Å². The number of nitrogens with zero attached hydrogens (tertiary/aromatic N) is 3. The van der Waals surface area contributed by atoms with Gasteiger partial charge in [0.15, 0.2) is 0 Å². The van der Waals surface area contributed by atoms with Crippen molar-refractivity contribution in [3.8, 4) is 11.1 Å². The summed E-state index contributed by atoms with van der Waals surface area (Å²) in [5.41, 5.74) is 6.81. The zero-order valence-electron chi connectivity index (χ0n) is 31.1.